The zero-order valence-electron chi connectivity index (χ0n) is 8.82. The van der Waals surface area contributed by atoms with Crippen molar-refractivity contribution in [1.82, 2.24) is 0 Å². The van der Waals surface area contributed by atoms with Crippen LogP contribution in [0.5, 0.6) is 0 Å². The van der Waals surface area contributed by atoms with Gasteiger partial charge in [0.1, 0.15) is 0 Å². The Balaban J connectivity index is 2.18. The third kappa shape index (κ3) is 1.41. The van der Waals surface area contributed by atoms with Gasteiger partial charge in [0, 0.05) is 0 Å². The van der Waals surface area contributed by atoms with Gasteiger partial charge in [0.05, 0.1) is 0 Å². The normalized spacial score (nSPS) is 53.8. The minimum Gasteiger partial charge on any atom is -0.0625 e. The van der Waals surface area contributed by atoms with Crippen molar-refractivity contribution in [3.63, 3.8) is 0 Å². The summed E-state index contributed by atoms with van der Waals surface area (Å²) in [5, 5.41) is 0. The molecule has 0 heteroatoms. The highest BCUT2D eigenvalue weighted by Gasteiger charge is 2.44. The summed E-state index contributed by atoms with van der Waals surface area (Å²) < 4.78 is 0. The van der Waals surface area contributed by atoms with Gasteiger partial charge in [0.15, 0.2) is 0 Å². The Morgan fingerprint density at radius 2 is 1.67 bits per heavy atom. The summed E-state index contributed by atoms with van der Waals surface area (Å²) in [6.45, 7) is 7.46. The molecule has 0 spiro atoms. The molecule has 3 atom stereocenters. The van der Waals surface area contributed by atoms with E-state index < -0.39 is 0 Å². The zero-order chi connectivity index (χ0) is 8.82. The maximum atomic E-state index is 2.51. The Morgan fingerprint density at radius 3 is 2.42 bits per heavy atom. The molecule has 0 N–H and O–H groups in total. The van der Waals surface area contributed by atoms with E-state index in [0.29, 0.717) is 5.41 Å². The first-order chi connectivity index (χ1) is 5.52. The molecule has 2 rings (SSSR count). The number of hydrogen-bond donors (Lipinski definition) is 0. The highest BCUT2D eigenvalue weighted by molar-refractivity contribution is 4.96. The quantitative estimate of drug-likeness (QED) is 0.510. The Bertz CT molecular complexity index is 184. The molecule has 0 heterocycles. The molecule has 2 aliphatic carbocycles. The lowest BCUT2D eigenvalue weighted by atomic mass is 9.80. The van der Waals surface area contributed by atoms with Gasteiger partial charge in [-0.1, -0.05) is 27.2 Å². The Kier molecular flexibility index (Phi) is 1.79. The van der Waals surface area contributed by atoms with E-state index in [2.05, 4.69) is 20.8 Å². The fourth-order valence-electron chi connectivity index (χ4n) is 3.74. The maximum Gasteiger partial charge on any atom is -0.0318 e. The lowest BCUT2D eigenvalue weighted by Crippen LogP contribution is -2.14. The molecule has 2 bridgehead atoms. The maximum absolute atomic E-state index is 2.51. The highest BCUT2D eigenvalue weighted by Crippen LogP contribution is 2.57. The summed E-state index contributed by atoms with van der Waals surface area (Å²) in [7, 11) is 0. The lowest BCUT2D eigenvalue weighted by molar-refractivity contribution is 0.255. The molecule has 0 saturated heterocycles. The van der Waals surface area contributed by atoms with Crippen LogP contribution in [0.3, 0.4) is 0 Å². The van der Waals surface area contributed by atoms with Gasteiger partial charge in [0.2, 0.25) is 0 Å². The zero-order valence-corrected chi connectivity index (χ0v) is 8.82. The second-order valence-corrected chi connectivity index (χ2v) is 6.15. The summed E-state index contributed by atoms with van der Waals surface area (Å²) >= 11 is 0. The van der Waals surface area contributed by atoms with Crippen molar-refractivity contribution in [2.45, 2.75) is 59.3 Å². The monoisotopic (exact) mass is 166 g/mol. The van der Waals surface area contributed by atoms with Crippen molar-refractivity contribution in [2.75, 3.05) is 0 Å². The van der Waals surface area contributed by atoms with E-state index in [-0.39, 0.29) is 0 Å². The van der Waals surface area contributed by atoms with Crippen LogP contribution in [-0.2, 0) is 0 Å². The molecule has 0 aromatic heterocycles. The summed E-state index contributed by atoms with van der Waals surface area (Å²) in [6, 6.07) is 0. The van der Waals surface area contributed by atoms with E-state index >= 15 is 0 Å². The first kappa shape index (κ1) is 8.59. The molecule has 70 valence electrons. The van der Waals surface area contributed by atoms with E-state index in [9.17, 15) is 0 Å². The van der Waals surface area contributed by atoms with Crippen LogP contribution in [0.1, 0.15) is 59.3 Å². The number of rotatable bonds is 0. The first-order valence-electron chi connectivity index (χ1n) is 5.52. The molecule has 0 radical (unpaired) electrons. The first-order valence-corrected chi connectivity index (χ1v) is 5.52. The van der Waals surface area contributed by atoms with Crippen LogP contribution in [0.2, 0.25) is 0 Å². The van der Waals surface area contributed by atoms with Crippen LogP contribution >= 0.6 is 0 Å². The predicted octanol–water partition coefficient (Wildman–Crippen LogP) is 4.00. The molecule has 0 nitrogen and oxygen atoms in total. The molecule has 2 saturated carbocycles. The van der Waals surface area contributed by atoms with E-state index in [1.807, 2.05) is 0 Å². The van der Waals surface area contributed by atoms with E-state index in [1.54, 1.807) is 0 Å². The Hall–Kier alpha value is 0. The van der Waals surface area contributed by atoms with Gasteiger partial charge in [-0.2, -0.15) is 0 Å². The molecule has 2 aliphatic rings. The van der Waals surface area contributed by atoms with Crippen molar-refractivity contribution < 1.29 is 0 Å². The van der Waals surface area contributed by atoms with Gasteiger partial charge in [-0.15, -0.1) is 0 Å². The van der Waals surface area contributed by atoms with Gasteiger partial charge in [-0.25, -0.2) is 0 Å². The largest absolute Gasteiger partial charge is 0.0625 e. The molecule has 2 fully saturated rings. The fraction of sp³-hybridized carbons (Fsp3) is 1.00. The van der Waals surface area contributed by atoms with E-state index in [0.717, 1.165) is 11.3 Å². The number of fused-ring (bicyclic) bond motifs is 2. The summed E-state index contributed by atoms with van der Waals surface area (Å²) in [4.78, 5) is 0. The van der Waals surface area contributed by atoms with Crippen molar-refractivity contribution in [1.29, 1.82) is 0 Å². The average molecular weight is 166 g/mol. The third-order valence-corrected chi connectivity index (χ3v) is 4.27. The van der Waals surface area contributed by atoms with Crippen LogP contribution in [-0.4, -0.2) is 0 Å². The molecule has 3 unspecified atom stereocenters. The van der Waals surface area contributed by atoms with Gasteiger partial charge >= 0.3 is 0 Å². The van der Waals surface area contributed by atoms with Gasteiger partial charge in [0.25, 0.3) is 0 Å². The SMILES string of the molecule is CC1CCC2(C)CCC(C)(C1)C2. The summed E-state index contributed by atoms with van der Waals surface area (Å²) in [6.07, 6.45) is 8.95. The molecule has 0 aliphatic heterocycles. The van der Waals surface area contributed by atoms with Crippen molar-refractivity contribution in [2.24, 2.45) is 16.7 Å². The molecule has 0 aromatic carbocycles. The van der Waals surface area contributed by atoms with Gasteiger partial charge < -0.3 is 0 Å². The molecule has 12 heavy (non-hydrogen) atoms. The van der Waals surface area contributed by atoms with Crippen molar-refractivity contribution in [3.8, 4) is 0 Å². The van der Waals surface area contributed by atoms with E-state index in [4.69, 9.17) is 0 Å². The number of hydrogen-bond acceptors (Lipinski definition) is 0. The molecular weight excluding hydrogens is 144 g/mol. The summed E-state index contributed by atoms with van der Waals surface area (Å²) in [5.41, 5.74) is 1.43. The van der Waals surface area contributed by atoms with Crippen LogP contribution in [0.25, 0.3) is 0 Å². The minimum atomic E-state index is 0.713. The summed E-state index contributed by atoms with van der Waals surface area (Å²) in [5.74, 6) is 0.983. The lowest BCUT2D eigenvalue weighted by Gasteiger charge is -2.25. The van der Waals surface area contributed by atoms with E-state index in [1.165, 1.54) is 38.5 Å². The standard InChI is InChI=1S/C12H22/c1-10-4-5-11(2)6-7-12(3,8-10)9-11/h10H,4-9H2,1-3H3. The fourth-order valence-corrected chi connectivity index (χ4v) is 3.74. The topological polar surface area (TPSA) is 0 Å². The van der Waals surface area contributed by atoms with Crippen molar-refractivity contribution >= 4 is 0 Å². The van der Waals surface area contributed by atoms with Crippen LogP contribution in [0.4, 0.5) is 0 Å². The van der Waals surface area contributed by atoms with Gasteiger partial charge in [-0.3, -0.25) is 0 Å². The highest BCUT2D eigenvalue weighted by atomic mass is 14.5. The molecular formula is C12H22. The third-order valence-electron chi connectivity index (χ3n) is 4.27. The Morgan fingerprint density at radius 1 is 1.00 bits per heavy atom. The van der Waals surface area contributed by atoms with Crippen LogP contribution in [0, 0.1) is 16.7 Å². The molecule has 0 aromatic rings. The predicted molar refractivity (Wildman–Crippen MR) is 53.1 cm³/mol. The van der Waals surface area contributed by atoms with Crippen LogP contribution in [0.15, 0.2) is 0 Å². The molecule has 0 amide bonds. The minimum absolute atomic E-state index is 0.713. The Labute approximate surface area is 76.7 Å². The van der Waals surface area contributed by atoms with Crippen LogP contribution < -0.4 is 0 Å². The van der Waals surface area contributed by atoms with Gasteiger partial charge in [-0.05, 0) is 48.9 Å². The smallest absolute Gasteiger partial charge is 0.0318 e. The second kappa shape index (κ2) is 2.49. The second-order valence-electron chi connectivity index (χ2n) is 6.15. The van der Waals surface area contributed by atoms with Crippen molar-refractivity contribution in [3.05, 3.63) is 0 Å². The average Bonchev–Trinajstić information content (AvgIpc) is 2.18.